The predicted molar refractivity (Wildman–Crippen MR) is 197 cm³/mol. The number of hydrogen-bond donors (Lipinski definition) is 3. The molecule has 1 unspecified atom stereocenters. The molecule has 282 valence electrons. The first-order chi connectivity index (χ1) is 25.6. The van der Waals surface area contributed by atoms with E-state index >= 15 is 0 Å². The average Bonchev–Trinajstić information content (AvgIpc) is 3.62. The Bertz CT molecular complexity index is 1890. The second-order valence-electron chi connectivity index (χ2n) is 13.9. The molecule has 2 atom stereocenters. The number of ether oxygens (including phenoxy) is 5. The summed E-state index contributed by atoms with van der Waals surface area (Å²) < 4.78 is 28.6. The van der Waals surface area contributed by atoms with Gasteiger partial charge in [0.25, 0.3) is 0 Å². The Morgan fingerprint density at radius 1 is 1.02 bits per heavy atom. The number of hydrogen-bond acceptors (Lipinski definition) is 11. The van der Waals surface area contributed by atoms with Crippen LogP contribution < -0.4 is 24.3 Å². The summed E-state index contributed by atoms with van der Waals surface area (Å²) in [5.74, 6) is -0.276. The van der Waals surface area contributed by atoms with E-state index in [0.29, 0.717) is 73.6 Å². The first-order valence-corrected chi connectivity index (χ1v) is 18.2. The lowest BCUT2D eigenvalue weighted by molar-refractivity contribution is -0.121. The second kappa shape index (κ2) is 16.6. The molecule has 0 saturated carbocycles. The molecule has 3 aliphatic rings. The van der Waals surface area contributed by atoms with Gasteiger partial charge in [-0.3, -0.25) is 9.59 Å². The zero-order chi connectivity index (χ0) is 37.6. The normalized spacial score (nSPS) is 18.3. The highest BCUT2D eigenvalue weighted by atomic mass is 16.7. The Labute approximate surface area is 309 Å². The molecule has 3 aromatic carbocycles. The minimum absolute atomic E-state index is 0.0243. The van der Waals surface area contributed by atoms with Crippen molar-refractivity contribution in [3.05, 3.63) is 75.4 Å². The Hall–Kier alpha value is -5.23. The van der Waals surface area contributed by atoms with Crippen LogP contribution in [0.2, 0.25) is 0 Å². The highest BCUT2D eigenvalue weighted by Crippen LogP contribution is 2.50. The van der Waals surface area contributed by atoms with Gasteiger partial charge >= 0.3 is 5.97 Å². The molecule has 0 aliphatic carbocycles. The number of carbonyl (C=O) groups excluding carboxylic acids is 3. The number of allylic oxidation sites excluding steroid dienone is 1. The van der Waals surface area contributed by atoms with Gasteiger partial charge in [0.05, 0.1) is 20.3 Å². The number of fused-ring (bicyclic) bond motifs is 3. The molecule has 3 aliphatic heterocycles. The number of amides is 1. The van der Waals surface area contributed by atoms with Gasteiger partial charge in [-0.15, -0.1) is 0 Å². The monoisotopic (exact) mass is 728 g/mol. The van der Waals surface area contributed by atoms with Crippen molar-refractivity contribution in [3.8, 4) is 34.5 Å². The zero-order valence-corrected chi connectivity index (χ0v) is 30.8. The average molecular weight is 729 g/mol. The van der Waals surface area contributed by atoms with Gasteiger partial charge in [0, 0.05) is 61.5 Å². The first-order valence-electron chi connectivity index (χ1n) is 18.2. The second-order valence-corrected chi connectivity index (χ2v) is 13.9. The van der Waals surface area contributed by atoms with Crippen molar-refractivity contribution in [2.75, 3.05) is 34.6 Å². The Morgan fingerprint density at radius 3 is 2.53 bits per heavy atom. The molecule has 0 spiro atoms. The van der Waals surface area contributed by atoms with Crippen molar-refractivity contribution in [1.29, 1.82) is 0 Å². The Morgan fingerprint density at radius 2 is 1.77 bits per heavy atom. The van der Waals surface area contributed by atoms with Crippen molar-refractivity contribution < 1.29 is 48.3 Å². The number of cyclic esters (lactones) is 1. The van der Waals surface area contributed by atoms with Crippen molar-refractivity contribution in [3.63, 3.8) is 0 Å². The standard InChI is InChI=1S/C41H48N2O10/c1-24-9-8-12-27(44)11-7-5-6-10-26-19-33(45)36(37(47)35(26)41(48)53-24)30(25-13-15-28(49-3)16-14-25)20-34(46)42-21-31-29-17-18-43(2)22-32(29)38(50-4)40-39(31)51-23-52-40/h6,10,13-16,19,24,30,45,47H,5,7-9,11-12,17-18,20-23H2,1-4H3,(H,42,46)/t24-,30?/m0/s1. The minimum atomic E-state index is -0.872. The predicted octanol–water partition coefficient (Wildman–Crippen LogP) is 6.15. The van der Waals surface area contributed by atoms with Gasteiger partial charge in [-0.1, -0.05) is 24.3 Å². The van der Waals surface area contributed by atoms with Crippen LogP contribution in [0.5, 0.6) is 34.5 Å². The summed E-state index contributed by atoms with van der Waals surface area (Å²) in [5, 5.41) is 26.5. The summed E-state index contributed by atoms with van der Waals surface area (Å²) in [5.41, 5.74) is 3.66. The number of phenols is 2. The summed E-state index contributed by atoms with van der Waals surface area (Å²) in [7, 11) is 5.19. The van der Waals surface area contributed by atoms with E-state index in [1.165, 1.54) is 6.07 Å². The number of nitrogens with zero attached hydrogens (tertiary/aromatic N) is 1. The van der Waals surface area contributed by atoms with Crippen molar-refractivity contribution >= 4 is 23.7 Å². The van der Waals surface area contributed by atoms with Crippen LogP contribution in [0.25, 0.3) is 6.08 Å². The van der Waals surface area contributed by atoms with Crippen LogP contribution in [0.15, 0.2) is 36.4 Å². The zero-order valence-electron chi connectivity index (χ0n) is 30.8. The number of likely N-dealkylation sites (N-methyl/N-ethyl adjacent to an activating group) is 1. The molecule has 0 saturated heterocycles. The van der Waals surface area contributed by atoms with Gasteiger partial charge in [-0.2, -0.15) is 0 Å². The maximum Gasteiger partial charge on any atom is 0.342 e. The van der Waals surface area contributed by atoms with Crippen LogP contribution in [0.3, 0.4) is 0 Å². The number of benzene rings is 3. The number of aromatic hydroxyl groups is 2. The largest absolute Gasteiger partial charge is 0.507 e. The van der Waals surface area contributed by atoms with Crippen LogP contribution in [0.4, 0.5) is 0 Å². The fourth-order valence-electron chi connectivity index (χ4n) is 7.47. The number of methoxy groups -OCH3 is 2. The first kappa shape index (κ1) is 37.5. The number of nitrogens with one attached hydrogen (secondary N) is 1. The Kier molecular flexibility index (Phi) is 11.8. The van der Waals surface area contributed by atoms with E-state index in [-0.39, 0.29) is 53.9 Å². The number of rotatable bonds is 8. The van der Waals surface area contributed by atoms with E-state index in [1.54, 1.807) is 51.5 Å². The van der Waals surface area contributed by atoms with Crippen LogP contribution in [-0.4, -0.2) is 73.5 Å². The molecule has 0 aromatic heterocycles. The number of ketones is 1. The third kappa shape index (κ3) is 8.22. The molecule has 0 fully saturated rings. The number of carbonyl (C=O) groups is 3. The maximum atomic E-state index is 14.0. The van der Waals surface area contributed by atoms with Gasteiger partial charge in [0.15, 0.2) is 11.5 Å². The van der Waals surface area contributed by atoms with Crippen LogP contribution in [0.1, 0.15) is 102 Å². The highest BCUT2D eigenvalue weighted by Gasteiger charge is 2.34. The number of Topliss-reactive ketones (excluding diaryl/α,β-unsaturated/α-hetero) is 1. The molecule has 0 bridgehead atoms. The van der Waals surface area contributed by atoms with Crippen molar-refractivity contribution in [2.45, 2.75) is 83.4 Å². The fraction of sp³-hybridized carbons (Fsp3) is 0.439. The van der Waals surface area contributed by atoms with Gasteiger partial charge in [0.1, 0.15) is 28.6 Å². The SMILES string of the molecule is COc1ccc(C(CC(=O)NCc2c3c(c(OC)c4c2OCO4)CN(C)CC3)c2c(O)cc3c(c2O)C(=O)O[C@@H](C)CCCC(=O)CCCC=C3)cc1. The smallest absolute Gasteiger partial charge is 0.342 e. The maximum absolute atomic E-state index is 14.0. The minimum Gasteiger partial charge on any atom is -0.507 e. The fourth-order valence-corrected chi connectivity index (χ4v) is 7.47. The molecule has 6 rings (SSSR count). The molecule has 3 N–H and O–H groups in total. The topological polar surface area (TPSA) is 153 Å². The van der Waals surface area contributed by atoms with Crippen LogP contribution >= 0.6 is 0 Å². The summed E-state index contributed by atoms with van der Waals surface area (Å²) >= 11 is 0. The third-order valence-corrected chi connectivity index (χ3v) is 10.2. The molecule has 12 heteroatoms. The van der Waals surface area contributed by atoms with E-state index in [9.17, 15) is 24.6 Å². The number of esters is 1. The van der Waals surface area contributed by atoms with Gasteiger partial charge < -0.3 is 44.1 Å². The van der Waals surface area contributed by atoms with Crippen molar-refractivity contribution in [2.24, 2.45) is 0 Å². The summed E-state index contributed by atoms with van der Waals surface area (Å²) in [6.07, 6.45) is 6.64. The van der Waals surface area contributed by atoms with Crippen molar-refractivity contribution in [1.82, 2.24) is 10.2 Å². The van der Waals surface area contributed by atoms with E-state index in [0.717, 1.165) is 29.7 Å². The van der Waals surface area contributed by atoms with E-state index in [2.05, 4.69) is 10.2 Å². The summed E-state index contributed by atoms with van der Waals surface area (Å²) in [6, 6.07) is 8.41. The highest BCUT2D eigenvalue weighted by molar-refractivity contribution is 5.98. The molecule has 12 nitrogen and oxygen atoms in total. The molecule has 3 heterocycles. The molecule has 0 radical (unpaired) electrons. The molecular weight excluding hydrogens is 680 g/mol. The van der Waals surface area contributed by atoms with E-state index in [1.807, 2.05) is 13.1 Å². The van der Waals surface area contributed by atoms with Crippen LogP contribution in [-0.2, 0) is 33.8 Å². The lowest BCUT2D eigenvalue weighted by Gasteiger charge is -2.29. The van der Waals surface area contributed by atoms with E-state index in [4.69, 9.17) is 23.7 Å². The number of phenolic OH excluding ortho intramolecular Hbond substituents is 2. The van der Waals surface area contributed by atoms with Gasteiger partial charge in [0.2, 0.25) is 18.4 Å². The summed E-state index contributed by atoms with van der Waals surface area (Å²) in [6.45, 7) is 3.42. The lowest BCUT2D eigenvalue weighted by Crippen LogP contribution is -2.30. The third-order valence-electron chi connectivity index (χ3n) is 10.2. The summed E-state index contributed by atoms with van der Waals surface area (Å²) in [4.78, 5) is 42.1. The Balaban J connectivity index is 1.35. The molecule has 53 heavy (non-hydrogen) atoms. The quantitative estimate of drug-likeness (QED) is 0.229. The molecule has 3 aromatic rings. The lowest BCUT2D eigenvalue weighted by atomic mass is 9.84. The van der Waals surface area contributed by atoms with Crippen LogP contribution in [0, 0.1) is 0 Å². The van der Waals surface area contributed by atoms with Gasteiger partial charge in [-0.05, 0) is 81.0 Å². The van der Waals surface area contributed by atoms with Gasteiger partial charge in [-0.25, -0.2) is 4.79 Å². The molecule has 1 amide bonds. The molecular formula is C41H48N2O10. The van der Waals surface area contributed by atoms with E-state index < -0.39 is 23.7 Å².